The van der Waals surface area contributed by atoms with Gasteiger partial charge in [-0.25, -0.2) is 4.98 Å². The molecule has 0 bridgehead atoms. The molecule has 0 atom stereocenters. The van der Waals surface area contributed by atoms with Crippen molar-refractivity contribution in [3.05, 3.63) is 71.8 Å². The van der Waals surface area contributed by atoms with Crippen LogP contribution >= 0.6 is 0 Å². The summed E-state index contributed by atoms with van der Waals surface area (Å²) in [7, 11) is 0. The molecule has 0 spiro atoms. The van der Waals surface area contributed by atoms with Crippen LogP contribution in [0.3, 0.4) is 0 Å². The number of carbonyl (C=O) groups is 1. The average molecular weight is 370 g/mol. The number of amides is 1. The molecule has 4 rings (SSSR count). The SMILES string of the molecule is N#Cc1cc2ccccc2nc1N1CCN(C(=O)CCc2ccccc2)CC1. The van der Waals surface area contributed by atoms with Crippen LogP contribution in [-0.4, -0.2) is 42.0 Å². The molecule has 5 nitrogen and oxygen atoms in total. The predicted octanol–water partition coefficient (Wildman–Crippen LogP) is 3.39. The summed E-state index contributed by atoms with van der Waals surface area (Å²) in [4.78, 5) is 21.3. The lowest BCUT2D eigenvalue weighted by molar-refractivity contribution is -0.131. The third kappa shape index (κ3) is 3.81. The molecule has 1 aliphatic rings. The Morgan fingerprint density at radius 3 is 2.46 bits per heavy atom. The van der Waals surface area contributed by atoms with Crippen molar-refractivity contribution in [1.29, 1.82) is 5.26 Å². The predicted molar refractivity (Wildman–Crippen MR) is 110 cm³/mol. The zero-order valence-corrected chi connectivity index (χ0v) is 15.7. The molecule has 140 valence electrons. The number of piperazine rings is 1. The van der Waals surface area contributed by atoms with Gasteiger partial charge in [0.2, 0.25) is 5.91 Å². The maximum absolute atomic E-state index is 12.6. The van der Waals surface area contributed by atoms with Crippen LogP contribution in [0.5, 0.6) is 0 Å². The fraction of sp³-hybridized carbons (Fsp3) is 0.261. The van der Waals surface area contributed by atoms with E-state index in [1.165, 1.54) is 5.56 Å². The van der Waals surface area contributed by atoms with E-state index in [2.05, 4.69) is 23.1 Å². The van der Waals surface area contributed by atoms with Crippen LogP contribution in [0.4, 0.5) is 5.82 Å². The maximum atomic E-state index is 12.6. The highest BCUT2D eigenvalue weighted by Crippen LogP contribution is 2.24. The molecular formula is C23H22N4O. The highest BCUT2D eigenvalue weighted by molar-refractivity contribution is 5.83. The Bertz CT molecular complexity index is 1020. The molecule has 1 saturated heterocycles. The average Bonchev–Trinajstić information content (AvgIpc) is 2.77. The molecular weight excluding hydrogens is 348 g/mol. The number of aryl methyl sites for hydroxylation is 1. The van der Waals surface area contributed by atoms with E-state index in [0.29, 0.717) is 38.2 Å². The lowest BCUT2D eigenvalue weighted by atomic mass is 10.1. The molecule has 0 aliphatic carbocycles. The minimum atomic E-state index is 0.190. The fourth-order valence-electron chi connectivity index (χ4n) is 3.65. The van der Waals surface area contributed by atoms with Crippen LogP contribution in [0.1, 0.15) is 17.5 Å². The topological polar surface area (TPSA) is 60.2 Å². The van der Waals surface area contributed by atoms with Gasteiger partial charge in [0.05, 0.1) is 11.1 Å². The smallest absolute Gasteiger partial charge is 0.223 e. The van der Waals surface area contributed by atoms with Gasteiger partial charge in [-0.15, -0.1) is 0 Å². The number of pyridine rings is 1. The van der Waals surface area contributed by atoms with Crippen molar-refractivity contribution in [1.82, 2.24) is 9.88 Å². The van der Waals surface area contributed by atoms with E-state index in [-0.39, 0.29) is 5.91 Å². The number of carbonyl (C=O) groups excluding carboxylic acids is 1. The Morgan fingerprint density at radius 2 is 1.71 bits per heavy atom. The summed E-state index contributed by atoms with van der Waals surface area (Å²) >= 11 is 0. The molecule has 5 heteroatoms. The van der Waals surface area contributed by atoms with E-state index >= 15 is 0 Å². The number of nitrogens with zero attached hydrogens (tertiary/aromatic N) is 4. The van der Waals surface area contributed by atoms with E-state index in [9.17, 15) is 10.1 Å². The highest BCUT2D eigenvalue weighted by Gasteiger charge is 2.23. The Kier molecular flexibility index (Phi) is 5.20. The zero-order chi connectivity index (χ0) is 19.3. The van der Waals surface area contributed by atoms with Gasteiger partial charge in [0.25, 0.3) is 0 Å². The first-order valence-corrected chi connectivity index (χ1v) is 9.61. The summed E-state index contributed by atoms with van der Waals surface area (Å²) in [5, 5.41) is 10.5. The van der Waals surface area contributed by atoms with E-state index in [1.54, 1.807) is 0 Å². The molecule has 1 amide bonds. The normalized spacial score (nSPS) is 14.1. The first-order chi connectivity index (χ1) is 13.7. The van der Waals surface area contributed by atoms with E-state index in [4.69, 9.17) is 4.98 Å². The van der Waals surface area contributed by atoms with E-state index in [0.717, 1.165) is 23.1 Å². The second-order valence-electron chi connectivity index (χ2n) is 7.02. The summed E-state index contributed by atoms with van der Waals surface area (Å²) in [5.74, 6) is 0.910. The monoisotopic (exact) mass is 370 g/mol. The van der Waals surface area contributed by atoms with Gasteiger partial charge in [-0.2, -0.15) is 5.26 Å². The number of hydrogen-bond donors (Lipinski definition) is 0. The van der Waals surface area contributed by atoms with E-state index < -0.39 is 0 Å². The van der Waals surface area contributed by atoms with Gasteiger partial charge in [0, 0.05) is 38.0 Å². The fourth-order valence-corrected chi connectivity index (χ4v) is 3.65. The van der Waals surface area contributed by atoms with Gasteiger partial charge >= 0.3 is 0 Å². The molecule has 0 N–H and O–H groups in total. The summed E-state index contributed by atoms with van der Waals surface area (Å²) in [6, 6.07) is 22.1. The Balaban J connectivity index is 1.41. The third-order valence-corrected chi connectivity index (χ3v) is 5.23. The lowest BCUT2D eigenvalue weighted by Gasteiger charge is -2.36. The van der Waals surface area contributed by atoms with Gasteiger partial charge in [0.1, 0.15) is 11.9 Å². The van der Waals surface area contributed by atoms with Crippen molar-refractivity contribution in [2.24, 2.45) is 0 Å². The van der Waals surface area contributed by atoms with Crippen LogP contribution in [0, 0.1) is 11.3 Å². The summed E-state index contributed by atoms with van der Waals surface area (Å²) in [6.45, 7) is 2.70. The first-order valence-electron chi connectivity index (χ1n) is 9.61. The van der Waals surface area contributed by atoms with Crippen LogP contribution in [0.15, 0.2) is 60.7 Å². The number of para-hydroxylation sites is 1. The standard InChI is InChI=1S/C23H22N4O/c24-17-20-16-19-8-4-5-9-21(19)25-23(20)27-14-12-26(13-15-27)22(28)11-10-18-6-2-1-3-7-18/h1-9,16H,10-15H2. The third-order valence-electron chi connectivity index (χ3n) is 5.23. The molecule has 28 heavy (non-hydrogen) atoms. The van der Waals surface area contributed by atoms with E-state index in [1.807, 2.05) is 53.4 Å². The number of fused-ring (bicyclic) bond motifs is 1. The molecule has 2 aromatic carbocycles. The van der Waals surface area contributed by atoms with Crippen LogP contribution in [0.2, 0.25) is 0 Å². The minimum absolute atomic E-state index is 0.190. The van der Waals surface area contributed by atoms with Crippen LogP contribution in [-0.2, 0) is 11.2 Å². The largest absolute Gasteiger partial charge is 0.352 e. The highest BCUT2D eigenvalue weighted by atomic mass is 16.2. The quantitative estimate of drug-likeness (QED) is 0.706. The second-order valence-corrected chi connectivity index (χ2v) is 7.02. The lowest BCUT2D eigenvalue weighted by Crippen LogP contribution is -2.49. The van der Waals surface area contributed by atoms with Gasteiger partial charge in [0.15, 0.2) is 0 Å². The van der Waals surface area contributed by atoms with Crippen molar-refractivity contribution in [2.45, 2.75) is 12.8 Å². The van der Waals surface area contributed by atoms with Crippen molar-refractivity contribution in [3.63, 3.8) is 0 Å². The summed E-state index contributed by atoms with van der Waals surface area (Å²) < 4.78 is 0. The molecule has 0 radical (unpaired) electrons. The Morgan fingerprint density at radius 1 is 1.00 bits per heavy atom. The number of hydrogen-bond acceptors (Lipinski definition) is 4. The van der Waals surface area contributed by atoms with Crippen molar-refractivity contribution >= 4 is 22.6 Å². The van der Waals surface area contributed by atoms with Crippen molar-refractivity contribution in [3.8, 4) is 6.07 Å². The second kappa shape index (κ2) is 8.10. The summed E-state index contributed by atoms with van der Waals surface area (Å²) in [5.41, 5.74) is 2.66. The van der Waals surface area contributed by atoms with Gasteiger partial charge < -0.3 is 9.80 Å². The Labute approximate surface area is 164 Å². The van der Waals surface area contributed by atoms with Crippen LogP contribution < -0.4 is 4.90 Å². The first kappa shape index (κ1) is 18.0. The van der Waals surface area contributed by atoms with Crippen molar-refractivity contribution in [2.75, 3.05) is 31.1 Å². The zero-order valence-electron chi connectivity index (χ0n) is 15.7. The molecule has 0 unspecified atom stereocenters. The number of anilines is 1. The minimum Gasteiger partial charge on any atom is -0.352 e. The molecule has 2 heterocycles. The number of nitriles is 1. The molecule has 1 fully saturated rings. The van der Waals surface area contributed by atoms with Gasteiger partial charge in [-0.1, -0.05) is 48.5 Å². The van der Waals surface area contributed by atoms with Gasteiger partial charge in [-0.3, -0.25) is 4.79 Å². The summed E-state index contributed by atoms with van der Waals surface area (Å²) in [6.07, 6.45) is 1.30. The maximum Gasteiger partial charge on any atom is 0.223 e. The molecule has 0 saturated carbocycles. The molecule has 3 aromatic rings. The van der Waals surface area contributed by atoms with Crippen molar-refractivity contribution < 1.29 is 4.79 Å². The molecule has 1 aromatic heterocycles. The van der Waals surface area contributed by atoms with Gasteiger partial charge in [-0.05, 0) is 24.1 Å². The number of benzene rings is 2. The van der Waals surface area contributed by atoms with Crippen LogP contribution in [0.25, 0.3) is 10.9 Å². The Hall–Kier alpha value is -3.39. The number of rotatable bonds is 4. The number of aromatic nitrogens is 1. The molecule has 1 aliphatic heterocycles.